The lowest BCUT2D eigenvalue weighted by Crippen LogP contribution is -2.38. The molecular weight excluding hydrogens is 497 g/mol. The largest absolute Gasteiger partial charge is 0.459 e. The molecule has 0 amide bonds. The van der Waals surface area contributed by atoms with Crippen LogP contribution < -0.4 is 10.6 Å². The minimum atomic E-state index is -0.932. The van der Waals surface area contributed by atoms with Crippen LogP contribution in [0, 0.1) is 0 Å². The maximum atomic E-state index is 12.3. The van der Waals surface area contributed by atoms with Crippen molar-refractivity contribution in [1.82, 2.24) is 10.6 Å². The molecule has 0 aliphatic carbocycles. The Balaban J connectivity index is 0.00000300. The van der Waals surface area contributed by atoms with Gasteiger partial charge in [-0.25, -0.2) is 0 Å². The van der Waals surface area contributed by atoms with Crippen LogP contribution >= 0.6 is 24.0 Å². The summed E-state index contributed by atoms with van der Waals surface area (Å²) in [5, 5.41) is 7.69. The summed E-state index contributed by atoms with van der Waals surface area (Å²) < 4.78 is 18.2. The highest BCUT2D eigenvalue weighted by Crippen LogP contribution is 2.23. The molecule has 156 valence electrons. The Morgan fingerprint density at radius 3 is 2.59 bits per heavy atom. The second-order valence-electron chi connectivity index (χ2n) is 6.59. The normalized spacial score (nSPS) is 13.5. The van der Waals surface area contributed by atoms with E-state index in [-0.39, 0.29) is 30.0 Å². The summed E-state index contributed by atoms with van der Waals surface area (Å²) in [5.41, 5.74) is 1.97. The number of guanidine groups is 1. The van der Waals surface area contributed by atoms with Crippen LogP contribution in [-0.4, -0.2) is 29.0 Å². The number of fused-ring (bicyclic) bond motifs is 1. The van der Waals surface area contributed by atoms with E-state index in [0.29, 0.717) is 24.0 Å². The molecule has 0 bridgehead atoms. The minimum Gasteiger partial charge on any atom is -0.459 e. The molecule has 2 N–H and O–H groups in total. The quantitative estimate of drug-likeness (QED) is 0.256. The van der Waals surface area contributed by atoms with Crippen LogP contribution in [0.5, 0.6) is 0 Å². The molecule has 0 saturated heterocycles. The van der Waals surface area contributed by atoms with Crippen molar-refractivity contribution in [3.05, 3.63) is 72.0 Å². The summed E-state index contributed by atoms with van der Waals surface area (Å²) in [6, 6.07) is 19.9. The van der Waals surface area contributed by atoms with Crippen LogP contribution in [0.1, 0.15) is 31.2 Å². The first-order valence-electron chi connectivity index (χ1n) is 9.58. The van der Waals surface area contributed by atoms with Crippen molar-refractivity contribution in [3.8, 4) is 0 Å². The van der Waals surface area contributed by atoms with E-state index in [1.165, 1.54) is 0 Å². The Morgan fingerprint density at radius 2 is 1.86 bits per heavy atom. The zero-order valence-corrected chi connectivity index (χ0v) is 19.9. The maximum absolute atomic E-state index is 12.3. The fourth-order valence-corrected chi connectivity index (χ4v) is 3.91. The number of nitrogens with one attached hydrogen (secondary N) is 2. The molecule has 0 spiro atoms. The molecule has 0 aliphatic rings. The van der Waals surface area contributed by atoms with Crippen LogP contribution in [0.4, 0.5) is 0 Å². The van der Waals surface area contributed by atoms with Crippen LogP contribution in [0.25, 0.3) is 11.0 Å². The lowest BCUT2D eigenvalue weighted by Gasteiger charge is -2.16. The van der Waals surface area contributed by atoms with E-state index in [1.807, 2.05) is 74.5 Å². The molecule has 0 fully saturated rings. The predicted octanol–water partition coefficient (Wildman–Crippen LogP) is 4.62. The molecule has 7 heteroatoms. The van der Waals surface area contributed by atoms with E-state index in [2.05, 4.69) is 15.6 Å². The number of rotatable bonds is 8. The van der Waals surface area contributed by atoms with Crippen molar-refractivity contribution < 1.29 is 8.63 Å². The third-order valence-electron chi connectivity index (χ3n) is 4.33. The molecule has 0 saturated carbocycles. The van der Waals surface area contributed by atoms with E-state index < -0.39 is 10.8 Å². The van der Waals surface area contributed by atoms with Gasteiger partial charge in [-0.1, -0.05) is 48.5 Å². The summed E-state index contributed by atoms with van der Waals surface area (Å²) in [5.74, 6) is 2.66. The van der Waals surface area contributed by atoms with Crippen molar-refractivity contribution in [2.75, 3.05) is 18.8 Å². The smallest absolute Gasteiger partial charge is 0.191 e. The molecule has 3 aromatic rings. The number of para-hydroxylation sites is 1. The molecule has 1 aromatic heterocycles. The zero-order chi connectivity index (χ0) is 19.8. The van der Waals surface area contributed by atoms with Gasteiger partial charge in [-0.15, -0.1) is 24.0 Å². The molecule has 0 aliphatic heterocycles. The summed E-state index contributed by atoms with van der Waals surface area (Å²) >= 11 is 0. The number of benzene rings is 2. The standard InChI is InChI=1S/C22H27N3O2S.HI/c1-3-23-22(24-13-14-28(26)16-18-9-5-4-6-10-18)25-17(2)21-15-19-11-7-8-12-20(19)27-21;/h4-12,15,17H,3,13-14,16H2,1-2H3,(H2,23,24,25);1H. The lowest BCUT2D eigenvalue weighted by molar-refractivity contribution is 0.488. The van der Waals surface area contributed by atoms with E-state index >= 15 is 0 Å². The zero-order valence-electron chi connectivity index (χ0n) is 16.8. The minimum absolute atomic E-state index is 0. The van der Waals surface area contributed by atoms with Crippen molar-refractivity contribution in [2.24, 2.45) is 4.99 Å². The molecular formula is C22H28IN3O2S. The topological polar surface area (TPSA) is 66.6 Å². The first-order valence-corrected chi connectivity index (χ1v) is 11.1. The summed E-state index contributed by atoms with van der Waals surface area (Å²) in [6.45, 7) is 5.32. The number of aliphatic imine (C=N–C) groups is 1. The van der Waals surface area contributed by atoms with Crippen LogP contribution in [0.15, 0.2) is 70.1 Å². The predicted molar refractivity (Wildman–Crippen MR) is 132 cm³/mol. The Labute approximate surface area is 191 Å². The van der Waals surface area contributed by atoms with Gasteiger partial charge in [0, 0.05) is 34.2 Å². The Hall–Kier alpha value is -1.87. The van der Waals surface area contributed by atoms with Crippen LogP contribution in [0.2, 0.25) is 0 Å². The number of furan rings is 1. The fourth-order valence-electron chi connectivity index (χ4n) is 2.90. The number of halogens is 1. The monoisotopic (exact) mass is 525 g/mol. The second kappa shape index (κ2) is 12.0. The Morgan fingerprint density at radius 1 is 1.14 bits per heavy atom. The molecule has 2 unspecified atom stereocenters. The maximum Gasteiger partial charge on any atom is 0.191 e. The van der Waals surface area contributed by atoms with Gasteiger partial charge < -0.3 is 15.1 Å². The van der Waals surface area contributed by atoms with Gasteiger partial charge in [-0.05, 0) is 31.5 Å². The van der Waals surface area contributed by atoms with Crippen molar-refractivity contribution in [1.29, 1.82) is 0 Å². The average molecular weight is 525 g/mol. The summed E-state index contributed by atoms with van der Waals surface area (Å²) in [4.78, 5) is 4.57. The summed E-state index contributed by atoms with van der Waals surface area (Å²) in [7, 11) is -0.932. The lowest BCUT2D eigenvalue weighted by atomic mass is 10.2. The number of nitrogens with zero attached hydrogens (tertiary/aromatic N) is 1. The number of hydrogen-bond donors (Lipinski definition) is 2. The van der Waals surface area contributed by atoms with Crippen molar-refractivity contribution in [2.45, 2.75) is 25.6 Å². The highest BCUT2D eigenvalue weighted by atomic mass is 127. The van der Waals surface area contributed by atoms with Gasteiger partial charge in [0.1, 0.15) is 11.3 Å². The van der Waals surface area contributed by atoms with Crippen molar-refractivity contribution >= 4 is 51.7 Å². The first-order chi connectivity index (χ1) is 13.7. The van der Waals surface area contributed by atoms with Crippen molar-refractivity contribution in [3.63, 3.8) is 0 Å². The second-order valence-corrected chi connectivity index (χ2v) is 8.16. The Kier molecular flexibility index (Phi) is 9.66. The van der Waals surface area contributed by atoms with E-state index in [9.17, 15) is 4.21 Å². The average Bonchev–Trinajstić information content (AvgIpc) is 3.13. The molecule has 2 aromatic carbocycles. The molecule has 5 nitrogen and oxygen atoms in total. The molecule has 2 atom stereocenters. The van der Waals surface area contributed by atoms with E-state index in [4.69, 9.17) is 4.42 Å². The molecule has 0 radical (unpaired) electrons. The highest BCUT2D eigenvalue weighted by molar-refractivity contribution is 14.0. The van der Waals surface area contributed by atoms with Gasteiger partial charge in [0.2, 0.25) is 0 Å². The van der Waals surface area contributed by atoms with Crippen LogP contribution in [-0.2, 0) is 16.6 Å². The fraction of sp³-hybridized carbons (Fsp3) is 0.318. The van der Waals surface area contributed by atoms with Crippen LogP contribution in [0.3, 0.4) is 0 Å². The number of hydrogen-bond acceptors (Lipinski definition) is 3. The summed E-state index contributed by atoms with van der Waals surface area (Å²) in [6.07, 6.45) is 0. The SMILES string of the molecule is CCNC(=NCCS(=O)Cc1ccccc1)NC(C)c1cc2ccccc2o1.I. The van der Waals surface area contributed by atoms with Gasteiger partial charge in [0.05, 0.1) is 12.6 Å². The Bertz CT molecular complexity index is 910. The third kappa shape index (κ3) is 7.15. The molecule has 3 rings (SSSR count). The van der Waals surface area contributed by atoms with Gasteiger partial charge in [-0.3, -0.25) is 9.20 Å². The highest BCUT2D eigenvalue weighted by Gasteiger charge is 2.13. The van der Waals surface area contributed by atoms with E-state index in [1.54, 1.807) is 0 Å². The van der Waals surface area contributed by atoms with Gasteiger partial charge in [0.25, 0.3) is 0 Å². The third-order valence-corrected chi connectivity index (χ3v) is 5.62. The van der Waals surface area contributed by atoms with E-state index in [0.717, 1.165) is 28.8 Å². The van der Waals surface area contributed by atoms with Gasteiger partial charge in [0.15, 0.2) is 5.96 Å². The molecule has 1 heterocycles. The molecule has 29 heavy (non-hydrogen) atoms. The van der Waals surface area contributed by atoms with Gasteiger partial charge in [-0.2, -0.15) is 0 Å². The first kappa shape index (κ1) is 23.4. The van der Waals surface area contributed by atoms with Gasteiger partial charge >= 0.3 is 0 Å².